The molecule has 34 heavy (non-hydrogen) atoms. The van der Waals surface area contributed by atoms with Crippen LogP contribution in [-0.4, -0.2) is 42.3 Å². The fourth-order valence-electron chi connectivity index (χ4n) is 10.8. The molecule has 0 bridgehead atoms. The van der Waals surface area contributed by atoms with Crippen LogP contribution in [0.2, 0.25) is 0 Å². The second-order valence-electron chi connectivity index (χ2n) is 13.6. The van der Waals surface area contributed by atoms with Crippen LogP contribution < -0.4 is 0 Å². The monoisotopic (exact) mass is 474 g/mol. The molecule has 0 aromatic heterocycles. The number of aliphatic hydroxyl groups is 1. The van der Waals surface area contributed by atoms with Gasteiger partial charge in [-0.15, -0.1) is 0 Å². The van der Waals surface area contributed by atoms with E-state index in [9.17, 15) is 9.90 Å². The molecule has 0 amide bonds. The van der Waals surface area contributed by atoms with E-state index in [1.165, 1.54) is 12.8 Å². The fourth-order valence-corrected chi connectivity index (χ4v) is 10.8. The summed E-state index contributed by atoms with van der Waals surface area (Å²) in [6.07, 6.45) is 8.37. The van der Waals surface area contributed by atoms with Gasteiger partial charge in [-0.05, 0) is 98.2 Å². The first-order chi connectivity index (χ1) is 16.2. The Hall–Kier alpha value is -0.650. The molecule has 5 heteroatoms. The van der Waals surface area contributed by atoms with Gasteiger partial charge in [-0.1, -0.05) is 27.7 Å². The van der Waals surface area contributed by atoms with E-state index in [0.29, 0.717) is 42.1 Å². The molecule has 5 nitrogen and oxygen atoms in total. The van der Waals surface area contributed by atoms with Gasteiger partial charge in [0.2, 0.25) is 0 Å². The fraction of sp³-hybridized carbons (Fsp3) is 0.966. The Morgan fingerprint density at radius 1 is 1.06 bits per heavy atom. The number of esters is 1. The molecule has 2 aliphatic heterocycles. The van der Waals surface area contributed by atoms with Crippen LogP contribution in [0.3, 0.4) is 0 Å². The highest BCUT2D eigenvalue weighted by Gasteiger charge is 2.76. The average molecular weight is 475 g/mol. The third-order valence-electron chi connectivity index (χ3n) is 12.2. The summed E-state index contributed by atoms with van der Waals surface area (Å²) in [5.74, 6) is 2.62. The predicted molar refractivity (Wildman–Crippen MR) is 129 cm³/mol. The van der Waals surface area contributed by atoms with Crippen LogP contribution in [0.5, 0.6) is 0 Å². The molecule has 0 aromatic rings. The highest BCUT2D eigenvalue weighted by Crippen LogP contribution is 2.76. The van der Waals surface area contributed by atoms with Gasteiger partial charge in [0, 0.05) is 12.3 Å². The van der Waals surface area contributed by atoms with Gasteiger partial charge < -0.3 is 19.3 Å². The van der Waals surface area contributed by atoms with Crippen molar-refractivity contribution in [3.05, 3.63) is 0 Å². The highest BCUT2D eigenvalue weighted by molar-refractivity contribution is 5.75. The molecule has 6 fully saturated rings. The van der Waals surface area contributed by atoms with Crippen molar-refractivity contribution >= 4 is 5.97 Å². The molecule has 1 N–H and O–H groups in total. The lowest BCUT2D eigenvalue weighted by atomic mass is 9.50. The third kappa shape index (κ3) is 2.99. The molecule has 192 valence electrons. The van der Waals surface area contributed by atoms with Gasteiger partial charge in [0.05, 0.1) is 31.3 Å². The summed E-state index contributed by atoms with van der Waals surface area (Å²) in [6.45, 7) is 12.7. The first-order valence-corrected chi connectivity index (χ1v) is 14.3. The molecule has 13 atom stereocenters. The van der Waals surface area contributed by atoms with Crippen LogP contribution in [0, 0.1) is 58.2 Å². The zero-order chi connectivity index (χ0) is 24.0. The molecular formula is C29H46O5. The number of hydrogen-bond acceptors (Lipinski definition) is 5. The number of carbonyl (C=O) groups is 1. The summed E-state index contributed by atoms with van der Waals surface area (Å²) in [5, 5.41) is 10.5. The Labute approximate surface area is 205 Å². The van der Waals surface area contributed by atoms with Crippen molar-refractivity contribution in [2.24, 2.45) is 58.2 Å². The molecule has 6 aliphatic rings. The standard InChI is InChI=1S/C29H46O5/c1-6-32-26(31)25-24-20(8-7-18-13-19(30)10-11-27(18,24)4)21-14-22-23(28(21,25)5)17(3)29(34-22)12-9-16(2)15-33-29/h16-25,30H,6-15H2,1-5H3/t16-,17+,18+,19+,20+,21+,22+,23+,24-,25-,27+,28+,29-/m1/s1. The van der Waals surface area contributed by atoms with Gasteiger partial charge >= 0.3 is 5.97 Å². The van der Waals surface area contributed by atoms with E-state index >= 15 is 0 Å². The van der Waals surface area contributed by atoms with Crippen molar-refractivity contribution in [3.63, 3.8) is 0 Å². The van der Waals surface area contributed by atoms with Gasteiger partial charge in [0.1, 0.15) is 0 Å². The summed E-state index contributed by atoms with van der Waals surface area (Å²) < 4.78 is 19.2. The lowest BCUT2D eigenvalue weighted by Gasteiger charge is -2.55. The molecule has 2 heterocycles. The van der Waals surface area contributed by atoms with E-state index in [0.717, 1.165) is 45.1 Å². The van der Waals surface area contributed by atoms with Gasteiger partial charge in [-0.25, -0.2) is 0 Å². The number of fused-ring (bicyclic) bond motifs is 7. The van der Waals surface area contributed by atoms with Crippen LogP contribution in [-0.2, 0) is 19.0 Å². The third-order valence-corrected chi connectivity index (χ3v) is 12.2. The van der Waals surface area contributed by atoms with Crippen LogP contribution in [0.15, 0.2) is 0 Å². The van der Waals surface area contributed by atoms with Crippen molar-refractivity contribution in [2.45, 2.75) is 104 Å². The minimum Gasteiger partial charge on any atom is -0.466 e. The molecule has 0 radical (unpaired) electrons. The van der Waals surface area contributed by atoms with Crippen molar-refractivity contribution in [2.75, 3.05) is 13.2 Å². The summed E-state index contributed by atoms with van der Waals surface area (Å²) in [5.41, 5.74) is -0.00483. The summed E-state index contributed by atoms with van der Waals surface area (Å²) in [6, 6.07) is 0. The quantitative estimate of drug-likeness (QED) is 0.558. The Kier molecular flexibility index (Phi) is 5.53. The van der Waals surface area contributed by atoms with Crippen molar-refractivity contribution in [1.82, 2.24) is 0 Å². The highest BCUT2D eigenvalue weighted by atomic mass is 16.7. The summed E-state index contributed by atoms with van der Waals surface area (Å²) in [7, 11) is 0. The predicted octanol–water partition coefficient (Wildman–Crippen LogP) is 5.19. The lowest BCUT2D eigenvalue weighted by Crippen LogP contribution is -2.52. The van der Waals surface area contributed by atoms with Crippen LogP contribution in [0.1, 0.15) is 86.0 Å². The Morgan fingerprint density at radius 2 is 1.85 bits per heavy atom. The minimum absolute atomic E-state index is 0.0301. The minimum atomic E-state index is -0.468. The lowest BCUT2D eigenvalue weighted by molar-refractivity contribution is -0.271. The zero-order valence-corrected chi connectivity index (χ0v) is 21.9. The van der Waals surface area contributed by atoms with Crippen LogP contribution >= 0.6 is 0 Å². The summed E-state index contributed by atoms with van der Waals surface area (Å²) in [4.78, 5) is 13.9. The molecule has 4 saturated carbocycles. The van der Waals surface area contributed by atoms with E-state index in [2.05, 4.69) is 27.7 Å². The molecule has 0 aromatic carbocycles. The van der Waals surface area contributed by atoms with Crippen LogP contribution in [0.25, 0.3) is 0 Å². The van der Waals surface area contributed by atoms with Gasteiger partial charge in [0.25, 0.3) is 0 Å². The number of hydrogen-bond donors (Lipinski definition) is 1. The maximum atomic E-state index is 13.9. The average Bonchev–Trinajstić information content (AvgIpc) is 3.33. The van der Waals surface area contributed by atoms with E-state index in [-0.39, 0.29) is 40.8 Å². The van der Waals surface area contributed by atoms with Crippen molar-refractivity contribution < 1.29 is 24.1 Å². The van der Waals surface area contributed by atoms with E-state index in [1.54, 1.807) is 0 Å². The number of aliphatic hydroxyl groups excluding tert-OH is 1. The number of carbonyl (C=O) groups excluding carboxylic acids is 1. The first kappa shape index (κ1) is 23.7. The van der Waals surface area contributed by atoms with E-state index in [1.807, 2.05) is 6.92 Å². The Balaban J connectivity index is 1.40. The topological polar surface area (TPSA) is 65.0 Å². The van der Waals surface area contributed by atoms with Gasteiger partial charge in [-0.3, -0.25) is 4.79 Å². The second kappa shape index (κ2) is 7.92. The molecule has 6 rings (SSSR count). The number of ether oxygens (including phenoxy) is 3. The second-order valence-corrected chi connectivity index (χ2v) is 13.6. The maximum Gasteiger partial charge on any atom is 0.309 e. The number of rotatable bonds is 2. The van der Waals surface area contributed by atoms with Crippen molar-refractivity contribution in [1.29, 1.82) is 0 Å². The van der Waals surface area contributed by atoms with Gasteiger partial charge in [-0.2, -0.15) is 0 Å². The normalized spacial score (nSPS) is 58.2. The van der Waals surface area contributed by atoms with E-state index in [4.69, 9.17) is 14.2 Å². The summed E-state index contributed by atoms with van der Waals surface area (Å²) >= 11 is 0. The molecule has 2 saturated heterocycles. The SMILES string of the molecule is CCOC(=O)[C@H]1[C@H]2[C@@H](CC[C@H]3C[C@@H](O)CC[C@@]32C)[C@@H]2C[C@@H]3O[C@]4(CC[C@@H](C)CO4)[C@@H](C)[C@@H]3[C@]21C. The Morgan fingerprint density at radius 3 is 2.56 bits per heavy atom. The first-order valence-electron chi connectivity index (χ1n) is 14.3. The smallest absolute Gasteiger partial charge is 0.309 e. The van der Waals surface area contributed by atoms with Crippen molar-refractivity contribution in [3.8, 4) is 0 Å². The maximum absolute atomic E-state index is 13.9. The zero-order valence-electron chi connectivity index (χ0n) is 21.9. The van der Waals surface area contributed by atoms with E-state index < -0.39 is 5.79 Å². The molecular weight excluding hydrogens is 428 g/mol. The molecule has 0 unspecified atom stereocenters. The molecule has 4 aliphatic carbocycles. The van der Waals surface area contributed by atoms with Crippen LogP contribution in [0.4, 0.5) is 0 Å². The van der Waals surface area contributed by atoms with Gasteiger partial charge in [0.15, 0.2) is 5.79 Å². The molecule has 1 spiro atoms. The largest absolute Gasteiger partial charge is 0.466 e. The Bertz CT molecular complexity index is 819.